The average Bonchev–Trinajstić information content (AvgIpc) is 3.63. The number of ether oxygens (including phenoxy) is 4. The maximum atomic E-state index is 13.0. The monoisotopic (exact) mass is 1280 g/mol. The Bertz CT molecular complexity index is 1730. The van der Waals surface area contributed by atoms with Crippen LogP contribution in [0.4, 0.5) is 0 Å². The lowest BCUT2D eigenvalue weighted by Crippen LogP contribution is -2.30. The van der Waals surface area contributed by atoms with Gasteiger partial charge in [0.2, 0.25) is 0 Å². The number of phosphoric ester groups is 2. The third kappa shape index (κ3) is 61.3. The van der Waals surface area contributed by atoms with Crippen molar-refractivity contribution in [3.8, 4) is 0 Å². The summed E-state index contributed by atoms with van der Waals surface area (Å²) in [6.45, 7) is 14.0. The third-order valence-corrected chi connectivity index (χ3v) is 17.8. The lowest BCUT2D eigenvalue weighted by Gasteiger charge is -2.21. The summed E-state index contributed by atoms with van der Waals surface area (Å²) in [5.74, 6) is 0.799. The second kappa shape index (κ2) is 57.9. The molecule has 17 nitrogen and oxygen atoms in total. The molecule has 0 aliphatic carbocycles. The highest BCUT2D eigenvalue weighted by Gasteiger charge is 2.30. The summed E-state index contributed by atoms with van der Waals surface area (Å²) in [4.78, 5) is 72.4. The first-order valence-electron chi connectivity index (χ1n) is 35.2. The second-order valence-electron chi connectivity index (χ2n) is 26.2. The first kappa shape index (κ1) is 85.1. The number of aliphatic hydroxyl groups excluding tert-OH is 1. The number of carbonyl (C=O) groups excluding carboxylic acids is 4. The Labute approximate surface area is 530 Å². The summed E-state index contributed by atoms with van der Waals surface area (Å²) in [5, 5.41) is 10.6. The fourth-order valence-corrected chi connectivity index (χ4v) is 11.7. The lowest BCUT2D eigenvalue weighted by atomic mass is 10.00. The number of rotatable bonds is 65. The molecule has 0 radical (unpaired) electrons. The minimum atomic E-state index is -4.95. The van der Waals surface area contributed by atoms with Gasteiger partial charge >= 0.3 is 39.5 Å². The van der Waals surface area contributed by atoms with Crippen molar-refractivity contribution in [3.63, 3.8) is 0 Å². The number of hydrogen-bond donors (Lipinski definition) is 3. The van der Waals surface area contributed by atoms with Gasteiger partial charge < -0.3 is 33.8 Å². The zero-order chi connectivity index (χ0) is 64.7. The summed E-state index contributed by atoms with van der Waals surface area (Å²) < 4.78 is 68.1. The van der Waals surface area contributed by atoms with Crippen LogP contribution in [0.25, 0.3) is 0 Å². The van der Waals surface area contributed by atoms with Gasteiger partial charge in [-0.25, -0.2) is 9.13 Å². The van der Waals surface area contributed by atoms with E-state index >= 15 is 0 Å². The van der Waals surface area contributed by atoms with Gasteiger partial charge in [-0.3, -0.25) is 37.3 Å². The summed E-state index contributed by atoms with van der Waals surface area (Å²) in [6.07, 6.45) is 39.1. The molecule has 0 rings (SSSR count). The van der Waals surface area contributed by atoms with Crippen molar-refractivity contribution in [2.75, 3.05) is 39.6 Å². The second-order valence-corrected chi connectivity index (χ2v) is 29.1. The third-order valence-electron chi connectivity index (χ3n) is 15.9. The van der Waals surface area contributed by atoms with E-state index in [1.807, 2.05) is 0 Å². The molecule has 3 N–H and O–H groups in total. The highest BCUT2D eigenvalue weighted by atomic mass is 31.2. The molecule has 0 bridgehead atoms. The van der Waals surface area contributed by atoms with Gasteiger partial charge in [-0.05, 0) is 49.4 Å². The van der Waals surface area contributed by atoms with Crippen molar-refractivity contribution in [2.45, 2.75) is 350 Å². The molecular formula is C68H132O17P2. The van der Waals surface area contributed by atoms with E-state index in [9.17, 15) is 43.2 Å². The van der Waals surface area contributed by atoms with Gasteiger partial charge in [-0.15, -0.1) is 0 Å². The molecule has 6 atom stereocenters. The number of hydrogen-bond acceptors (Lipinski definition) is 15. The molecule has 0 spiro atoms. The molecule has 0 aromatic carbocycles. The zero-order valence-electron chi connectivity index (χ0n) is 56.6. The first-order chi connectivity index (χ1) is 41.6. The Morgan fingerprint density at radius 3 is 0.816 bits per heavy atom. The molecule has 0 aromatic heterocycles. The normalized spacial score (nSPS) is 14.6. The quantitative estimate of drug-likeness (QED) is 0.0222. The topological polar surface area (TPSA) is 237 Å². The van der Waals surface area contributed by atoms with Gasteiger partial charge in [0.1, 0.15) is 19.3 Å². The average molecular weight is 1280 g/mol. The van der Waals surface area contributed by atoms with E-state index in [1.54, 1.807) is 0 Å². The summed E-state index contributed by atoms with van der Waals surface area (Å²) in [7, 11) is -9.90. The predicted molar refractivity (Wildman–Crippen MR) is 349 cm³/mol. The van der Waals surface area contributed by atoms with Gasteiger partial charge in [-0.1, -0.05) is 280 Å². The largest absolute Gasteiger partial charge is 0.472 e. The Morgan fingerprint density at radius 1 is 0.322 bits per heavy atom. The summed E-state index contributed by atoms with van der Waals surface area (Å²) in [5.41, 5.74) is 0. The van der Waals surface area contributed by atoms with Crippen molar-refractivity contribution >= 4 is 39.5 Å². The van der Waals surface area contributed by atoms with Crippen LogP contribution in [0.15, 0.2) is 0 Å². The molecular weight excluding hydrogens is 1150 g/mol. The van der Waals surface area contributed by atoms with Crippen LogP contribution < -0.4 is 0 Å². The van der Waals surface area contributed by atoms with Crippen LogP contribution in [-0.4, -0.2) is 96.7 Å². The maximum Gasteiger partial charge on any atom is 0.472 e. The van der Waals surface area contributed by atoms with Crippen molar-refractivity contribution in [2.24, 2.45) is 23.7 Å². The van der Waals surface area contributed by atoms with Crippen LogP contribution in [0.5, 0.6) is 0 Å². The molecule has 0 saturated carbocycles. The molecule has 0 aromatic rings. The van der Waals surface area contributed by atoms with Crippen LogP contribution in [0, 0.1) is 23.7 Å². The number of esters is 4. The number of unbranched alkanes of at least 4 members (excludes halogenated alkanes) is 30. The molecule has 0 heterocycles. The minimum absolute atomic E-state index is 0.101. The maximum absolute atomic E-state index is 13.0. The van der Waals surface area contributed by atoms with Crippen LogP contribution in [-0.2, 0) is 65.4 Å². The molecule has 0 fully saturated rings. The van der Waals surface area contributed by atoms with Crippen LogP contribution in [0.2, 0.25) is 0 Å². The molecule has 0 aliphatic rings. The Hall–Kier alpha value is -1.94. The predicted octanol–water partition coefficient (Wildman–Crippen LogP) is 18.9. The lowest BCUT2D eigenvalue weighted by molar-refractivity contribution is -0.161. The van der Waals surface area contributed by atoms with Crippen molar-refractivity contribution in [3.05, 3.63) is 0 Å². The van der Waals surface area contributed by atoms with Crippen molar-refractivity contribution < 1.29 is 80.2 Å². The van der Waals surface area contributed by atoms with Crippen molar-refractivity contribution in [1.82, 2.24) is 0 Å². The molecule has 19 heteroatoms. The van der Waals surface area contributed by atoms with Gasteiger partial charge in [0.15, 0.2) is 12.2 Å². The Kier molecular flexibility index (Phi) is 56.6. The van der Waals surface area contributed by atoms with Gasteiger partial charge in [0.05, 0.1) is 26.4 Å². The SMILES string of the molecule is CCC(C)CCCCCCCCC(=O)OC[C@H](COP(=O)(O)OC[C@H](O)COP(=O)(O)OC[C@@H](COC(=O)CCCCCCCCCCCCC(C)C)OC(=O)CCCCCCCCC(C)C)OC(=O)CCCCCCCCCCCCCCC(C)C. The molecule has 516 valence electrons. The van der Waals surface area contributed by atoms with Crippen LogP contribution in [0.1, 0.15) is 331 Å². The van der Waals surface area contributed by atoms with Crippen molar-refractivity contribution in [1.29, 1.82) is 0 Å². The zero-order valence-corrected chi connectivity index (χ0v) is 58.4. The van der Waals surface area contributed by atoms with Gasteiger partial charge in [-0.2, -0.15) is 0 Å². The van der Waals surface area contributed by atoms with E-state index in [0.717, 1.165) is 114 Å². The smallest absolute Gasteiger partial charge is 0.462 e. The van der Waals surface area contributed by atoms with E-state index in [1.165, 1.54) is 128 Å². The summed E-state index contributed by atoms with van der Waals surface area (Å²) in [6, 6.07) is 0. The summed E-state index contributed by atoms with van der Waals surface area (Å²) >= 11 is 0. The van der Waals surface area contributed by atoms with Crippen LogP contribution in [0.3, 0.4) is 0 Å². The highest BCUT2D eigenvalue weighted by molar-refractivity contribution is 7.47. The Balaban J connectivity index is 5.23. The first-order valence-corrected chi connectivity index (χ1v) is 38.2. The van der Waals surface area contributed by atoms with E-state index < -0.39 is 97.5 Å². The highest BCUT2D eigenvalue weighted by Crippen LogP contribution is 2.45. The van der Waals surface area contributed by atoms with E-state index in [2.05, 4.69) is 55.4 Å². The van der Waals surface area contributed by atoms with Gasteiger partial charge in [0, 0.05) is 25.7 Å². The molecule has 3 unspecified atom stereocenters. The number of phosphoric acid groups is 2. The van der Waals surface area contributed by atoms with E-state index in [-0.39, 0.29) is 25.7 Å². The number of carbonyl (C=O) groups is 4. The fourth-order valence-electron chi connectivity index (χ4n) is 10.1. The minimum Gasteiger partial charge on any atom is -0.462 e. The van der Waals surface area contributed by atoms with E-state index in [4.69, 9.17) is 37.0 Å². The fraction of sp³-hybridized carbons (Fsp3) is 0.941. The molecule has 0 amide bonds. The number of aliphatic hydroxyl groups is 1. The van der Waals surface area contributed by atoms with Crippen LogP contribution >= 0.6 is 15.6 Å². The Morgan fingerprint density at radius 2 is 0.552 bits per heavy atom. The standard InChI is InChI=1S/C68H132O17P2/c1-9-61(8)47-39-31-25-27-33-41-49-66(71)79-55-63(84-67(72)50-42-34-23-19-13-11-10-12-16-20-28-36-44-58(2)3)56-82-86(74,75)80-52-62(69)53-81-87(76,77)83-57-64(85-68(73)51-43-35-26-24-30-38-46-60(6)7)54-78-65(70)48-40-32-22-18-15-14-17-21-29-37-45-59(4)5/h58-64,69H,9-57H2,1-8H3,(H,74,75)(H,76,77)/t61?,62-,63+,64+/m0/s1. The van der Waals surface area contributed by atoms with E-state index in [0.29, 0.717) is 31.6 Å². The molecule has 0 saturated heterocycles. The van der Waals surface area contributed by atoms with Gasteiger partial charge in [0.25, 0.3) is 0 Å². The molecule has 0 aliphatic heterocycles. The molecule has 87 heavy (non-hydrogen) atoms.